The minimum atomic E-state index is -3.05. The Labute approximate surface area is 179 Å². The lowest BCUT2D eigenvalue weighted by Crippen LogP contribution is -2.51. The molecule has 0 aliphatic carbocycles. The average Bonchev–Trinajstić information content (AvgIpc) is 3.13. The molecule has 30 heavy (non-hydrogen) atoms. The maximum Gasteiger partial charge on any atom is 0.237 e. The van der Waals surface area contributed by atoms with Crippen molar-refractivity contribution in [1.29, 1.82) is 0 Å². The van der Waals surface area contributed by atoms with Crippen LogP contribution in [0, 0.1) is 0 Å². The van der Waals surface area contributed by atoms with E-state index < -0.39 is 9.84 Å². The highest BCUT2D eigenvalue weighted by Crippen LogP contribution is 2.21. The first-order valence-electron chi connectivity index (χ1n) is 10.6. The molecule has 4 rings (SSSR count). The van der Waals surface area contributed by atoms with Crippen molar-refractivity contribution in [2.75, 3.05) is 49.1 Å². The second-order valence-corrected chi connectivity index (χ2v) is 10.4. The Morgan fingerprint density at radius 1 is 0.933 bits per heavy atom. The van der Waals surface area contributed by atoms with Crippen LogP contribution in [-0.4, -0.2) is 74.4 Å². The van der Waals surface area contributed by atoms with Crippen LogP contribution in [0.25, 0.3) is 0 Å². The molecular weight excluding hydrogens is 398 g/mol. The van der Waals surface area contributed by atoms with E-state index in [1.165, 1.54) is 5.69 Å². The number of carbonyl (C=O) groups is 1. The Morgan fingerprint density at radius 2 is 1.57 bits per heavy atom. The predicted octanol–water partition coefficient (Wildman–Crippen LogP) is 2.02. The molecule has 1 amide bonds. The third-order valence-corrected chi connectivity index (χ3v) is 7.77. The minimum absolute atomic E-state index is 0.0223. The summed E-state index contributed by atoms with van der Waals surface area (Å²) in [6, 6.07) is 19.9. The topological polar surface area (TPSA) is 60.9 Å². The van der Waals surface area contributed by atoms with Crippen LogP contribution in [0.5, 0.6) is 0 Å². The van der Waals surface area contributed by atoms with Crippen LogP contribution in [0.3, 0.4) is 0 Å². The minimum Gasteiger partial charge on any atom is -0.369 e. The van der Waals surface area contributed by atoms with Crippen LogP contribution >= 0.6 is 0 Å². The van der Waals surface area contributed by atoms with Gasteiger partial charge in [0.25, 0.3) is 0 Å². The first-order valence-corrected chi connectivity index (χ1v) is 12.4. The van der Waals surface area contributed by atoms with Gasteiger partial charge in [-0.1, -0.05) is 48.5 Å². The van der Waals surface area contributed by atoms with Gasteiger partial charge in [-0.25, -0.2) is 8.42 Å². The molecule has 1 atom stereocenters. The fourth-order valence-electron chi connectivity index (χ4n) is 4.31. The molecule has 2 heterocycles. The van der Waals surface area contributed by atoms with Crippen molar-refractivity contribution in [2.24, 2.45) is 0 Å². The lowest BCUT2D eigenvalue weighted by atomic mass is 10.1. The van der Waals surface area contributed by atoms with Crippen LogP contribution < -0.4 is 4.90 Å². The number of sulfone groups is 1. The summed E-state index contributed by atoms with van der Waals surface area (Å²) in [5.74, 6) is 0.272. The van der Waals surface area contributed by atoms with E-state index in [1.54, 1.807) is 4.90 Å². The molecule has 2 aliphatic rings. The Hall–Kier alpha value is -2.38. The van der Waals surface area contributed by atoms with E-state index in [0.717, 1.165) is 31.7 Å². The summed E-state index contributed by atoms with van der Waals surface area (Å²) in [4.78, 5) is 19.6. The van der Waals surface area contributed by atoms with E-state index in [0.29, 0.717) is 19.5 Å². The number of hydrogen-bond donors (Lipinski definition) is 0. The molecule has 2 saturated heterocycles. The van der Waals surface area contributed by atoms with E-state index in [9.17, 15) is 13.2 Å². The molecule has 2 aromatic carbocycles. The zero-order valence-electron chi connectivity index (χ0n) is 17.2. The largest absolute Gasteiger partial charge is 0.369 e. The fraction of sp³-hybridized carbons (Fsp3) is 0.435. The van der Waals surface area contributed by atoms with E-state index in [2.05, 4.69) is 21.9 Å². The molecule has 0 bridgehead atoms. The third-order valence-electron chi connectivity index (χ3n) is 6.02. The third kappa shape index (κ3) is 5.21. The van der Waals surface area contributed by atoms with Crippen molar-refractivity contribution < 1.29 is 13.2 Å². The SMILES string of the molecule is O=C(CN1CCN(c2ccccc2)CC1)N(Cc1ccccc1)[C@@H]1CCS(=O)(=O)C1. The molecule has 2 aliphatic heterocycles. The number of carbonyl (C=O) groups excluding carboxylic acids is 1. The van der Waals surface area contributed by atoms with Crippen LogP contribution in [-0.2, 0) is 21.2 Å². The lowest BCUT2D eigenvalue weighted by Gasteiger charge is -2.37. The Kier molecular flexibility index (Phi) is 6.39. The van der Waals surface area contributed by atoms with E-state index in [4.69, 9.17) is 0 Å². The van der Waals surface area contributed by atoms with Crippen molar-refractivity contribution in [3.8, 4) is 0 Å². The second kappa shape index (κ2) is 9.18. The maximum atomic E-state index is 13.2. The highest BCUT2D eigenvalue weighted by molar-refractivity contribution is 7.91. The standard InChI is InChI=1S/C23H29N3O3S/c27-23(18-24-12-14-25(15-13-24)21-9-5-2-6-10-21)26(17-20-7-3-1-4-8-20)22-11-16-30(28,29)19-22/h1-10,22H,11-19H2/t22-/m1/s1. The Balaban J connectivity index is 1.39. The van der Waals surface area contributed by atoms with Gasteiger partial charge in [0.15, 0.2) is 9.84 Å². The summed E-state index contributed by atoms with van der Waals surface area (Å²) in [7, 11) is -3.05. The molecule has 0 unspecified atom stereocenters. The van der Waals surface area contributed by atoms with Gasteiger partial charge < -0.3 is 9.80 Å². The van der Waals surface area contributed by atoms with Crippen LogP contribution in [0.15, 0.2) is 60.7 Å². The van der Waals surface area contributed by atoms with E-state index in [1.807, 2.05) is 48.5 Å². The van der Waals surface area contributed by atoms with Gasteiger partial charge in [0.1, 0.15) is 0 Å². The fourth-order valence-corrected chi connectivity index (χ4v) is 6.04. The zero-order chi connectivity index (χ0) is 21.0. The predicted molar refractivity (Wildman–Crippen MR) is 119 cm³/mol. The van der Waals surface area contributed by atoms with Crippen LogP contribution in [0.2, 0.25) is 0 Å². The molecule has 7 heteroatoms. The van der Waals surface area contributed by atoms with Gasteiger partial charge in [0.2, 0.25) is 5.91 Å². The number of amides is 1. The lowest BCUT2D eigenvalue weighted by molar-refractivity contribution is -0.135. The first kappa shape index (κ1) is 20.9. The molecule has 6 nitrogen and oxygen atoms in total. The summed E-state index contributed by atoms with van der Waals surface area (Å²) in [6.45, 7) is 4.21. The van der Waals surface area contributed by atoms with E-state index >= 15 is 0 Å². The van der Waals surface area contributed by atoms with Crippen LogP contribution in [0.1, 0.15) is 12.0 Å². The molecule has 0 spiro atoms. The number of anilines is 1. The average molecular weight is 428 g/mol. The highest BCUT2D eigenvalue weighted by Gasteiger charge is 2.35. The van der Waals surface area contributed by atoms with Crippen molar-refractivity contribution in [2.45, 2.75) is 19.0 Å². The smallest absolute Gasteiger partial charge is 0.237 e. The number of rotatable bonds is 6. The molecular formula is C23H29N3O3S. The number of piperazine rings is 1. The number of hydrogen-bond acceptors (Lipinski definition) is 5. The van der Waals surface area contributed by atoms with Crippen molar-refractivity contribution in [3.63, 3.8) is 0 Å². The number of benzene rings is 2. The first-order chi connectivity index (χ1) is 14.5. The molecule has 160 valence electrons. The number of para-hydroxylation sites is 1. The molecule has 2 aromatic rings. The zero-order valence-corrected chi connectivity index (χ0v) is 18.0. The van der Waals surface area contributed by atoms with Crippen molar-refractivity contribution in [3.05, 3.63) is 66.2 Å². The van der Waals surface area contributed by atoms with Gasteiger partial charge in [-0.3, -0.25) is 9.69 Å². The van der Waals surface area contributed by atoms with Crippen molar-refractivity contribution >= 4 is 21.4 Å². The molecule has 0 N–H and O–H groups in total. The molecule has 0 saturated carbocycles. The summed E-state index contributed by atoms with van der Waals surface area (Å²) < 4.78 is 24.1. The number of nitrogens with zero attached hydrogens (tertiary/aromatic N) is 3. The normalized spacial score (nSPS) is 21.5. The van der Waals surface area contributed by atoms with Gasteiger partial charge in [-0.2, -0.15) is 0 Å². The van der Waals surface area contributed by atoms with Gasteiger partial charge in [-0.05, 0) is 24.1 Å². The monoisotopic (exact) mass is 427 g/mol. The molecule has 0 radical (unpaired) electrons. The second-order valence-electron chi connectivity index (χ2n) is 8.16. The highest BCUT2D eigenvalue weighted by atomic mass is 32.2. The quantitative estimate of drug-likeness (QED) is 0.706. The Bertz CT molecular complexity index is 942. The van der Waals surface area contributed by atoms with Crippen molar-refractivity contribution in [1.82, 2.24) is 9.80 Å². The molecule has 2 fully saturated rings. The van der Waals surface area contributed by atoms with Gasteiger partial charge >= 0.3 is 0 Å². The van der Waals surface area contributed by atoms with Crippen LogP contribution in [0.4, 0.5) is 5.69 Å². The van der Waals surface area contributed by atoms with Gasteiger partial charge in [0, 0.05) is 44.5 Å². The summed E-state index contributed by atoms with van der Waals surface area (Å²) >= 11 is 0. The summed E-state index contributed by atoms with van der Waals surface area (Å²) in [6.07, 6.45) is 0.530. The Morgan fingerprint density at radius 3 is 2.17 bits per heavy atom. The summed E-state index contributed by atoms with van der Waals surface area (Å²) in [5, 5.41) is 0. The summed E-state index contributed by atoms with van der Waals surface area (Å²) in [5.41, 5.74) is 2.24. The molecule has 0 aromatic heterocycles. The maximum absolute atomic E-state index is 13.2. The van der Waals surface area contributed by atoms with E-state index in [-0.39, 0.29) is 23.5 Å². The van der Waals surface area contributed by atoms with Gasteiger partial charge in [-0.15, -0.1) is 0 Å². The van der Waals surface area contributed by atoms with Gasteiger partial charge in [0.05, 0.1) is 18.1 Å².